The van der Waals surface area contributed by atoms with Gasteiger partial charge in [-0.05, 0) is 25.0 Å². The van der Waals surface area contributed by atoms with Crippen molar-refractivity contribution in [2.24, 2.45) is 11.3 Å². The molecule has 10 nitrogen and oxygen atoms in total. The fourth-order valence-electron chi connectivity index (χ4n) is 6.11. The molecule has 6 rings (SSSR count). The number of methoxy groups -OCH3 is 2. The third-order valence-corrected chi connectivity index (χ3v) is 9.26. The molecule has 1 N–H and O–H groups in total. The fourth-order valence-corrected chi connectivity index (χ4v) is 6.78. The Bertz CT molecular complexity index is 1500. The number of fused-ring (bicyclic) bond motifs is 1. The number of carbonyl (C=O) groups excluding carboxylic acids is 1. The number of benzene rings is 1. The van der Waals surface area contributed by atoms with Crippen molar-refractivity contribution < 1.29 is 23.7 Å². The zero-order chi connectivity index (χ0) is 29.4. The van der Waals surface area contributed by atoms with Gasteiger partial charge in [0.25, 0.3) is 0 Å². The molecule has 3 aromatic rings. The Morgan fingerprint density at radius 1 is 1.17 bits per heavy atom. The van der Waals surface area contributed by atoms with Crippen LogP contribution in [0.1, 0.15) is 19.3 Å². The molecule has 3 atom stereocenters. The Morgan fingerprint density at radius 3 is 2.64 bits per heavy atom. The normalized spacial score (nSPS) is 23.6. The highest BCUT2D eigenvalue weighted by atomic mass is 35.5. The first kappa shape index (κ1) is 28.9. The molecule has 5 heterocycles. The zero-order valence-corrected chi connectivity index (χ0v) is 25.1. The van der Waals surface area contributed by atoms with Crippen LogP contribution in [0.5, 0.6) is 11.5 Å². The van der Waals surface area contributed by atoms with Crippen molar-refractivity contribution >= 4 is 51.5 Å². The van der Waals surface area contributed by atoms with E-state index in [1.165, 1.54) is 20.3 Å². The summed E-state index contributed by atoms with van der Waals surface area (Å²) >= 11 is 13.6. The minimum absolute atomic E-state index is 0.00247. The van der Waals surface area contributed by atoms with Crippen molar-refractivity contribution in [2.45, 2.75) is 25.3 Å². The van der Waals surface area contributed by atoms with Gasteiger partial charge in [-0.1, -0.05) is 29.8 Å². The maximum absolute atomic E-state index is 12.0. The highest BCUT2D eigenvalue weighted by Gasteiger charge is 2.42. The summed E-state index contributed by atoms with van der Waals surface area (Å²) in [7, 11) is 3.06. The number of halogens is 2. The third-order valence-electron chi connectivity index (χ3n) is 8.50. The van der Waals surface area contributed by atoms with Gasteiger partial charge in [0.15, 0.2) is 11.6 Å². The summed E-state index contributed by atoms with van der Waals surface area (Å²) in [5.41, 5.74) is 1.17. The maximum Gasteiger partial charge on any atom is 0.165 e. The first-order chi connectivity index (χ1) is 20.3. The predicted molar refractivity (Wildman–Crippen MR) is 162 cm³/mol. The van der Waals surface area contributed by atoms with Crippen LogP contribution < -0.4 is 19.7 Å². The van der Waals surface area contributed by atoms with Crippen LogP contribution in [0.3, 0.4) is 0 Å². The predicted octanol–water partition coefficient (Wildman–Crippen LogP) is 5.20. The van der Waals surface area contributed by atoms with Gasteiger partial charge < -0.3 is 29.2 Å². The van der Waals surface area contributed by atoms with Crippen molar-refractivity contribution in [3.05, 3.63) is 41.0 Å². The molecule has 3 aliphatic heterocycles. The lowest BCUT2D eigenvalue weighted by Crippen LogP contribution is -2.30. The maximum atomic E-state index is 12.0. The lowest BCUT2D eigenvalue weighted by Gasteiger charge is -2.25. The largest absolute Gasteiger partial charge is 0.495 e. The molecule has 0 radical (unpaired) electrons. The van der Waals surface area contributed by atoms with Gasteiger partial charge in [-0.3, -0.25) is 4.79 Å². The van der Waals surface area contributed by atoms with Crippen LogP contribution in [0.2, 0.25) is 10.0 Å². The molecule has 0 bridgehead atoms. The summed E-state index contributed by atoms with van der Waals surface area (Å²) < 4.78 is 22.5. The van der Waals surface area contributed by atoms with Crippen molar-refractivity contribution in [3.8, 4) is 22.9 Å². The first-order valence-corrected chi connectivity index (χ1v) is 14.7. The summed E-state index contributed by atoms with van der Waals surface area (Å²) in [6, 6.07) is 3.54. The first-order valence-electron chi connectivity index (χ1n) is 13.9. The van der Waals surface area contributed by atoms with E-state index in [1.807, 2.05) is 6.07 Å². The van der Waals surface area contributed by atoms with Crippen molar-refractivity contribution in [1.82, 2.24) is 15.0 Å². The molecular weight excluding hydrogens is 581 g/mol. The Balaban J connectivity index is 1.44. The average Bonchev–Trinajstić information content (AvgIpc) is 3.75. The number of nitrogens with zero attached hydrogens (tertiary/aromatic N) is 4. The molecule has 1 unspecified atom stereocenters. The van der Waals surface area contributed by atoms with E-state index in [2.05, 4.69) is 21.8 Å². The third kappa shape index (κ3) is 5.37. The van der Waals surface area contributed by atoms with Crippen molar-refractivity contribution in [1.29, 1.82) is 0 Å². The van der Waals surface area contributed by atoms with Crippen LogP contribution in [0, 0.1) is 11.3 Å². The number of ether oxygens (including phenoxy) is 4. The van der Waals surface area contributed by atoms with E-state index in [0.717, 1.165) is 50.3 Å². The lowest BCUT2D eigenvalue weighted by molar-refractivity contribution is -0.115. The lowest BCUT2D eigenvalue weighted by atomic mass is 9.87. The van der Waals surface area contributed by atoms with E-state index >= 15 is 0 Å². The van der Waals surface area contributed by atoms with Gasteiger partial charge in [-0.2, -0.15) is 0 Å². The van der Waals surface area contributed by atoms with Crippen LogP contribution in [-0.2, 0) is 14.3 Å². The van der Waals surface area contributed by atoms with E-state index in [1.54, 1.807) is 12.3 Å². The highest BCUT2D eigenvalue weighted by molar-refractivity contribution is 6.41. The molecule has 0 aliphatic carbocycles. The molecule has 3 fully saturated rings. The number of ketones is 1. The van der Waals surface area contributed by atoms with E-state index in [4.69, 9.17) is 52.1 Å². The summed E-state index contributed by atoms with van der Waals surface area (Å²) in [5, 5.41) is 4.91. The number of nitrogens with one attached hydrogen (secondary N) is 1. The molecule has 2 aromatic heterocycles. The minimum Gasteiger partial charge on any atom is -0.495 e. The van der Waals surface area contributed by atoms with Crippen LogP contribution >= 0.6 is 23.2 Å². The average molecular weight is 615 g/mol. The Morgan fingerprint density at radius 2 is 1.95 bits per heavy atom. The fraction of sp³-hybridized carbons (Fsp3) is 0.467. The monoisotopic (exact) mass is 613 g/mol. The Hall–Kier alpha value is -3.18. The quantitative estimate of drug-likeness (QED) is 0.323. The second-order valence-corrected chi connectivity index (χ2v) is 11.9. The van der Waals surface area contributed by atoms with Gasteiger partial charge in [0, 0.05) is 48.9 Å². The second-order valence-electron chi connectivity index (χ2n) is 11.1. The van der Waals surface area contributed by atoms with E-state index in [-0.39, 0.29) is 23.2 Å². The second kappa shape index (κ2) is 11.8. The van der Waals surface area contributed by atoms with E-state index in [9.17, 15) is 4.79 Å². The Kier molecular flexibility index (Phi) is 8.15. The molecule has 3 aliphatic rings. The number of pyridine rings is 1. The number of carbonyl (C=O) groups is 1. The number of aromatic nitrogens is 3. The molecular formula is C30H33Cl2N5O5. The highest BCUT2D eigenvalue weighted by Crippen LogP contribution is 2.47. The number of hydrogen-bond acceptors (Lipinski definition) is 10. The standard InChI is InChI=1S/C30H33Cl2N5O5/c1-4-18(38)9-17-13-42-14-21(17)34-24-10-19-20(12-33-24)35-28(25-26(31)22(39-2)11-23(40-3)27(25)32)36-29(19)37-7-5-30(15-37)6-8-41-16-30/h4,10-12,17,21H,1,5-9,13-16H2,2-3H3,(H,33,34)/t17-,21+,30?/m0/s1. The SMILES string of the molecule is C=CC(=O)C[C@H]1COC[C@H]1Nc1cc2c(N3CCC4(CCOC4)C3)nc(-c3c(Cl)c(OC)cc(OC)c3Cl)nc2cn1. The summed E-state index contributed by atoms with van der Waals surface area (Å²) in [6.45, 7) is 7.74. The van der Waals surface area contributed by atoms with Crippen LogP contribution in [0.25, 0.3) is 22.3 Å². The molecule has 1 aromatic carbocycles. The van der Waals surface area contributed by atoms with Gasteiger partial charge in [0.2, 0.25) is 0 Å². The van der Waals surface area contributed by atoms with Gasteiger partial charge in [0.1, 0.15) is 23.1 Å². The molecule has 1 spiro atoms. The number of rotatable bonds is 9. The van der Waals surface area contributed by atoms with Gasteiger partial charge in [0.05, 0.1) is 67.4 Å². The van der Waals surface area contributed by atoms with Crippen molar-refractivity contribution in [3.63, 3.8) is 0 Å². The minimum atomic E-state index is -0.0601. The topological polar surface area (TPSA) is 108 Å². The molecule has 222 valence electrons. The molecule has 42 heavy (non-hydrogen) atoms. The summed E-state index contributed by atoms with van der Waals surface area (Å²) in [5.74, 6) is 2.60. The number of anilines is 2. The van der Waals surface area contributed by atoms with Crippen LogP contribution in [0.4, 0.5) is 11.6 Å². The molecule has 0 amide bonds. The van der Waals surface area contributed by atoms with Crippen molar-refractivity contribution in [2.75, 3.05) is 64.0 Å². The smallest absolute Gasteiger partial charge is 0.165 e. The number of hydrogen-bond donors (Lipinski definition) is 1. The molecule has 12 heteroatoms. The van der Waals surface area contributed by atoms with Gasteiger partial charge in [-0.15, -0.1) is 0 Å². The summed E-state index contributed by atoms with van der Waals surface area (Å²) in [4.78, 5) is 28.9. The Labute approximate surface area is 254 Å². The summed E-state index contributed by atoms with van der Waals surface area (Å²) in [6.07, 6.45) is 5.48. The van der Waals surface area contributed by atoms with Gasteiger partial charge in [-0.25, -0.2) is 15.0 Å². The zero-order valence-electron chi connectivity index (χ0n) is 23.6. The molecule has 0 saturated carbocycles. The van der Waals surface area contributed by atoms with Crippen LogP contribution in [0.15, 0.2) is 31.0 Å². The van der Waals surface area contributed by atoms with E-state index < -0.39 is 0 Å². The van der Waals surface area contributed by atoms with Crippen LogP contribution in [-0.4, -0.2) is 80.5 Å². The molecule has 3 saturated heterocycles. The number of allylic oxidation sites excluding steroid dienone is 1. The van der Waals surface area contributed by atoms with Gasteiger partial charge >= 0.3 is 0 Å². The van der Waals surface area contributed by atoms with E-state index in [0.29, 0.717) is 63.9 Å².